The second-order valence-electron chi connectivity index (χ2n) is 6.79. The molecule has 0 saturated heterocycles. The number of aromatic nitrogens is 4. The first-order chi connectivity index (χ1) is 14.2. The lowest BCUT2D eigenvalue weighted by molar-refractivity contribution is 0.119. The Labute approximate surface area is 166 Å². The molecule has 0 fully saturated rings. The van der Waals surface area contributed by atoms with Crippen molar-refractivity contribution in [3.63, 3.8) is 0 Å². The van der Waals surface area contributed by atoms with E-state index < -0.39 is 6.16 Å². The van der Waals surface area contributed by atoms with E-state index in [1.807, 2.05) is 36.5 Å². The van der Waals surface area contributed by atoms with Crippen molar-refractivity contribution in [3.05, 3.63) is 60.4 Å². The molecule has 1 aliphatic rings. The van der Waals surface area contributed by atoms with Crippen molar-refractivity contribution in [2.45, 2.75) is 19.4 Å². The maximum Gasteiger partial charge on any atom is 0.514 e. The highest BCUT2D eigenvalue weighted by Gasteiger charge is 2.26. The second kappa shape index (κ2) is 7.01. The smallest absolute Gasteiger partial charge is 0.437 e. The summed E-state index contributed by atoms with van der Waals surface area (Å²) in [5, 5.41) is 5.92. The third kappa shape index (κ3) is 3.00. The maximum atomic E-state index is 11.5. The van der Waals surface area contributed by atoms with Crippen LogP contribution in [0, 0.1) is 0 Å². The number of hydrogen-bond donors (Lipinski definition) is 0. The summed E-state index contributed by atoms with van der Waals surface area (Å²) < 4.78 is 11.7. The van der Waals surface area contributed by atoms with Gasteiger partial charge in [-0.3, -0.25) is 9.67 Å². The molecule has 4 aromatic rings. The van der Waals surface area contributed by atoms with E-state index in [0.717, 1.165) is 47.1 Å². The summed E-state index contributed by atoms with van der Waals surface area (Å²) >= 11 is 0. The predicted octanol–water partition coefficient (Wildman–Crippen LogP) is 4.25. The molecule has 1 aliphatic heterocycles. The van der Waals surface area contributed by atoms with Crippen molar-refractivity contribution in [2.75, 3.05) is 7.11 Å². The summed E-state index contributed by atoms with van der Waals surface area (Å²) in [6.45, 7) is 0.879. The Morgan fingerprint density at radius 2 is 2.00 bits per heavy atom. The highest BCUT2D eigenvalue weighted by atomic mass is 16.7. The first-order valence-electron chi connectivity index (χ1n) is 9.41. The van der Waals surface area contributed by atoms with Crippen LogP contribution in [-0.2, 0) is 17.7 Å². The Bertz CT molecular complexity index is 1230. The fourth-order valence-corrected chi connectivity index (χ4v) is 3.84. The van der Waals surface area contributed by atoms with Gasteiger partial charge in [0.1, 0.15) is 5.69 Å². The van der Waals surface area contributed by atoms with Crippen molar-refractivity contribution in [3.8, 4) is 28.4 Å². The van der Waals surface area contributed by atoms with Gasteiger partial charge in [0.2, 0.25) is 5.88 Å². The van der Waals surface area contributed by atoms with Crippen LogP contribution in [0.2, 0.25) is 0 Å². The first-order valence-corrected chi connectivity index (χ1v) is 9.41. The van der Waals surface area contributed by atoms with Crippen molar-refractivity contribution < 1.29 is 14.3 Å². The molecular weight excluding hydrogens is 368 g/mol. The number of methoxy groups -OCH3 is 1. The zero-order chi connectivity index (χ0) is 19.8. The van der Waals surface area contributed by atoms with E-state index in [4.69, 9.17) is 9.84 Å². The minimum atomic E-state index is -0.803. The SMILES string of the molecule is COC(=O)Oc1cccc(-c2nn3c(c2-c2ccnc4ccccc24)CCC3)n1. The molecule has 29 heavy (non-hydrogen) atoms. The molecule has 0 radical (unpaired) electrons. The van der Waals surface area contributed by atoms with Gasteiger partial charge in [0.05, 0.1) is 18.3 Å². The third-order valence-electron chi connectivity index (χ3n) is 5.08. The number of pyridine rings is 2. The van der Waals surface area contributed by atoms with Crippen molar-refractivity contribution in [1.29, 1.82) is 0 Å². The van der Waals surface area contributed by atoms with E-state index >= 15 is 0 Å². The second-order valence-corrected chi connectivity index (χ2v) is 6.79. The van der Waals surface area contributed by atoms with E-state index in [9.17, 15) is 4.79 Å². The van der Waals surface area contributed by atoms with Gasteiger partial charge >= 0.3 is 6.16 Å². The summed E-state index contributed by atoms with van der Waals surface area (Å²) in [6, 6.07) is 15.4. The molecule has 3 aromatic heterocycles. The highest BCUT2D eigenvalue weighted by molar-refractivity contribution is 5.98. The van der Waals surface area contributed by atoms with Crippen LogP contribution in [-0.4, -0.2) is 33.0 Å². The summed E-state index contributed by atoms with van der Waals surface area (Å²) in [7, 11) is 1.26. The van der Waals surface area contributed by atoms with Crippen molar-refractivity contribution in [1.82, 2.24) is 19.7 Å². The number of aryl methyl sites for hydroxylation is 1. The molecule has 144 valence electrons. The first kappa shape index (κ1) is 17.4. The van der Waals surface area contributed by atoms with E-state index in [2.05, 4.69) is 25.5 Å². The molecule has 0 saturated carbocycles. The van der Waals surface area contributed by atoms with Crippen LogP contribution in [0.1, 0.15) is 12.1 Å². The van der Waals surface area contributed by atoms with Gasteiger partial charge in [-0.05, 0) is 36.6 Å². The molecule has 0 atom stereocenters. The molecule has 0 spiro atoms. The number of rotatable bonds is 3. The van der Waals surface area contributed by atoms with Gasteiger partial charge in [0.25, 0.3) is 0 Å². The maximum absolute atomic E-state index is 11.5. The molecule has 0 N–H and O–H groups in total. The monoisotopic (exact) mass is 386 g/mol. The Balaban J connectivity index is 1.70. The van der Waals surface area contributed by atoms with Crippen molar-refractivity contribution >= 4 is 17.1 Å². The zero-order valence-corrected chi connectivity index (χ0v) is 15.8. The normalized spacial score (nSPS) is 12.7. The largest absolute Gasteiger partial charge is 0.514 e. The summed E-state index contributed by atoms with van der Waals surface area (Å²) in [6.07, 6.45) is 3.04. The van der Waals surface area contributed by atoms with E-state index in [0.29, 0.717) is 5.69 Å². The molecule has 0 bridgehead atoms. The lowest BCUT2D eigenvalue weighted by atomic mass is 9.97. The lowest BCUT2D eigenvalue weighted by Gasteiger charge is -2.09. The van der Waals surface area contributed by atoms with Gasteiger partial charge in [-0.25, -0.2) is 9.78 Å². The zero-order valence-electron chi connectivity index (χ0n) is 15.8. The number of hydrogen-bond acceptors (Lipinski definition) is 6. The lowest BCUT2D eigenvalue weighted by Crippen LogP contribution is -2.08. The topological polar surface area (TPSA) is 79.1 Å². The van der Waals surface area contributed by atoms with Crippen molar-refractivity contribution in [2.24, 2.45) is 0 Å². The molecule has 7 nitrogen and oxygen atoms in total. The third-order valence-corrected chi connectivity index (χ3v) is 5.08. The molecule has 0 amide bonds. The van der Waals surface area contributed by atoms with Gasteiger partial charge in [-0.15, -0.1) is 0 Å². The molecule has 5 rings (SSSR count). The average molecular weight is 386 g/mol. The molecule has 1 aromatic carbocycles. The standard InChI is InChI=1S/C22H18N4O3/c1-28-22(27)29-19-10-4-8-17(24-19)21-20(18-9-5-13-26(18)25-21)15-11-12-23-16-7-3-2-6-14(15)16/h2-4,6-8,10-12H,5,9,13H2,1H3. The van der Waals surface area contributed by atoms with Crippen LogP contribution in [0.5, 0.6) is 5.88 Å². The number of ether oxygens (including phenoxy) is 2. The van der Waals surface area contributed by atoms with E-state index in [1.165, 1.54) is 12.8 Å². The summed E-state index contributed by atoms with van der Waals surface area (Å²) in [5.41, 5.74) is 5.68. The van der Waals surface area contributed by atoms with Gasteiger partial charge in [-0.2, -0.15) is 5.10 Å². The highest BCUT2D eigenvalue weighted by Crippen LogP contribution is 2.39. The van der Waals surface area contributed by atoms with Crippen LogP contribution >= 0.6 is 0 Å². The number of benzene rings is 1. The Morgan fingerprint density at radius 3 is 2.90 bits per heavy atom. The number of carbonyl (C=O) groups excluding carboxylic acids is 1. The minimum Gasteiger partial charge on any atom is -0.437 e. The van der Waals surface area contributed by atoms with Gasteiger partial charge in [0, 0.05) is 35.5 Å². The Morgan fingerprint density at radius 1 is 1.10 bits per heavy atom. The molecule has 0 unspecified atom stereocenters. The fourth-order valence-electron chi connectivity index (χ4n) is 3.84. The average Bonchev–Trinajstić information content (AvgIpc) is 3.35. The minimum absolute atomic E-state index is 0.174. The Kier molecular flexibility index (Phi) is 4.20. The number of fused-ring (bicyclic) bond motifs is 2. The number of para-hydroxylation sites is 1. The molecule has 0 aliphatic carbocycles. The Hall–Kier alpha value is -3.74. The van der Waals surface area contributed by atoms with Gasteiger partial charge in [0.15, 0.2) is 0 Å². The van der Waals surface area contributed by atoms with Gasteiger partial charge < -0.3 is 9.47 Å². The van der Waals surface area contributed by atoms with E-state index in [1.54, 1.807) is 12.1 Å². The quantitative estimate of drug-likeness (QED) is 0.490. The van der Waals surface area contributed by atoms with Crippen LogP contribution in [0.25, 0.3) is 33.4 Å². The molecule has 7 heteroatoms. The van der Waals surface area contributed by atoms with Crippen LogP contribution in [0.4, 0.5) is 4.79 Å². The van der Waals surface area contributed by atoms with Crippen LogP contribution < -0.4 is 4.74 Å². The molecule has 4 heterocycles. The summed E-state index contributed by atoms with van der Waals surface area (Å²) in [4.78, 5) is 20.5. The van der Waals surface area contributed by atoms with E-state index in [-0.39, 0.29) is 5.88 Å². The number of nitrogens with zero attached hydrogens (tertiary/aromatic N) is 4. The predicted molar refractivity (Wildman–Crippen MR) is 108 cm³/mol. The van der Waals surface area contributed by atoms with Crippen LogP contribution in [0.3, 0.4) is 0 Å². The summed E-state index contributed by atoms with van der Waals surface area (Å²) in [5.74, 6) is 0.174. The van der Waals surface area contributed by atoms with Crippen LogP contribution in [0.15, 0.2) is 54.7 Å². The van der Waals surface area contributed by atoms with Gasteiger partial charge in [-0.1, -0.05) is 24.3 Å². The molecular formula is C22H18N4O3. The fraction of sp³-hybridized carbons (Fsp3) is 0.182. The number of carbonyl (C=O) groups is 1.